The van der Waals surface area contributed by atoms with Crippen molar-refractivity contribution in [3.05, 3.63) is 65.7 Å². The number of nitrogens with zero attached hydrogens (tertiary/aromatic N) is 1. The predicted octanol–water partition coefficient (Wildman–Crippen LogP) is 3.13. The second-order valence-electron chi connectivity index (χ2n) is 6.15. The summed E-state index contributed by atoms with van der Waals surface area (Å²) in [6.07, 6.45) is 1.43. The van der Waals surface area contributed by atoms with E-state index in [0.717, 1.165) is 6.42 Å². The molecule has 0 saturated carbocycles. The molecule has 25 heavy (non-hydrogen) atoms. The maximum atomic E-state index is 12.7. The number of amides is 2. The van der Waals surface area contributed by atoms with Crippen LogP contribution in [-0.4, -0.2) is 35.1 Å². The highest BCUT2D eigenvalue weighted by atomic mass is 16.2. The molecule has 0 bridgehead atoms. The SMILES string of the molecule is CC(=O)c1cccc(NC(=O)[C@H]2CCCN2C(=O)c2ccccc2)c1. The summed E-state index contributed by atoms with van der Waals surface area (Å²) < 4.78 is 0. The van der Waals surface area contributed by atoms with E-state index in [4.69, 9.17) is 0 Å². The van der Waals surface area contributed by atoms with Gasteiger partial charge in [0.15, 0.2) is 5.78 Å². The molecule has 1 N–H and O–H groups in total. The van der Waals surface area contributed by atoms with Crippen LogP contribution in [0, 0.1) is 0 Å². The Morgan fingerprint density at radius 1 is 1.00 bits per heavy atom. The van der Waals surface area contributed by atoms with E-state index in [9.17, 15) is 14.4 Å². The summed E-state index contributed by atoms with van der Waals surface area (Å²) in [5, 5.41) is 2.83. The highest BCUT2D eigenvalue weighted by Crippen LogP contribution is 2.22. The highest BCUT2D eigenvalue weighted by molar-refractivity contribution is 6.02. The summed E-state index contributed by atoms with van der Waals surface area (Å²) >= 11 is 0. The zero-order valence-electron chi connectivity index (χ0n) is 14.1. The van der Waals surface area contributed by atoms with Crippen molar-refractivity contribution in [2.24, 2.45) is 0 Å². The van der Waals surface area contributed by atoms with E-state index in [1.54, 1.807) is 41.3 Å². The van der Waals surface area contributed by atoms with Gasteiger partial charge >= 0.3 is 0 Å². The number of likely N-dealkylation sites (tertiary alicyclic amines) is 1. The fraction of sp³-hybridized carbons (Fsp3) is 0.250. The molecule has 1 fully saturated rings. The molecule has 5 heteroatoms. The number of carbonyl (C=O) groups is 3. The zero-order valence-corrected chi connectivity index (χ0v) is 14.1. The van der Waals surface area contributed by atoms with Gasteiger partial charge in [-0.3, -0.25) is 14.4 Å². The second-order valence-corrected chi connectivity index (χ2v) is 6.15. The summed E-state index contributed by atoms with van der Waals surface area (Å²) in [5.74, 6) is -0.406. The van der Waals surface area contributed by atoms with Crippen LogP contribution in [0.1, 0.15) is 40.5 Å². The number of hydrogen-bond donors (Lipinski definition) is 1. The predicted molar refractivity (Wildman–Crippen MR) is 95.6 cm³/mol. The second kappa shape index (κ2) is 7.30. The molecule has 3 rings (SSSR count). The van der Waals surface area contributed by atoms with E-state index in [0.29, 0.717) is 29.8 Å². The summed E-state index contributed by atoms with van der Waals surface area (Å²) in [7, 11) is 0. The number of ketones is 1. The molecule has 2 aromatic rings. The van der Waals surface area contributed by atoms with Gasteiger partial charge in [-0.05, 0) is 44.0 Å². The van der Waals surface area contributed by atoms with E-state index in [2.05, 4.69) is 5.32 Å². The van der Waals surface area contributed by atoms with Crippen molar-refractivity contribution in [2.75, 3.05) is 11.9 Å². The molecule has 0 unspecified atom stereocenters. The fourth-order valence-corrected chi connectivity index (χ4v) is 3.07. The van der Waals surface area contributed by atoms with Crippen molar-refractivity contribution in [2.45, 2.75) is 25.8 Å². The minimum Gasteiger partial charge on any atom is -0.327 e. The molecule has 1 heterocycles. The maximum Gasteiger partial charge on any atom is 0.254 e. The van der Waals surface area contributed by atoms with E-state index >= 15 is 0 Å². The Hall–Kier alpha value is -2.95. The molecule has 0 aromatic heterocycles. The Balaban J connectivity index is 1.74. The van der Waals surface area contributed by atoms with Gasteiger partial charge < -0.3 is 10.2 Å². The lowest BCUT2D eigenvalue weighted by molar-refractivity contribution is -0.119. The van der Waals surface area contributed by atoms with Crippen molar-refractivity contribution in [1.82, 2.24) is 4.90 Å². The summed E-state index contributed by atoms with van der Waals surface area (Å²) in [4.78, 5) is 38.4. The molecule has 2 amide bonds. The fourth-order valence-electron chi connectivity index (χ4n) is 3.07. The van der Waals surface area contributed by atoms with Crippen LogP contribution in [0.4, 0.5) is 5.69 Å². The van der Waals surface area contributed by atoms with Crippen molar-refractivity contribution in [3.8, 4) is 0 Å². The Morgan fingerprint density at radius 2 is 1.72 bits per heavy atom. The summed E-state index contributed by atoms with van der Waals surface area (Å²) in [6, 6.07) is 15.3. The molecule has 128 valence electrons. The molecule has 0 aliphatic carbocycles. The Morgan fingerprint density at radius 3 is 2.44 bits per heavy atom. The summed E-state index contributed by atoms with van der Waals surface area (Å²) in [5.41, 5.74) is 1.69. The minimum absolute atomic E-state index is 0.0575. The van der Waals surface area contributed by atoms with Crippen molar-refractivity contribution >= 4 is 23.3 Å². The van der Waals surface area contributed by atoms with Gasteiger partial charge in [0.25, 0.3) is 5.91 Å². The Kier molecular flexibility index (Phi) is 4.93. The van der Waals surface area contributed by atoms with Gasteiger partial charge in [0, 0.05) is 23.4 Å². The molecule has 1 saturated heterocycles. The average Bonchev–Trinajstić information content (AvgIpc) is 3.12. The number of benzene rings is 2. The number of carbonyl (C=O) groups excluding carboxylic acids is 3. The molecule has 5 nitrogen and oxygen atoms in total. The third-order valence-corrected chi connectivity index (χ3v) is 4.37. The van der Waals surface area contributed by atoms with Crippen molar-refractivity contribution < 1.29 is 14.4 Å². The first kappa shape index (κ1) is 16.9. The standard InChI is InChI=1S/C20H20N2O3/c1-14(23)16-9-5-10-17(13-16)21-19(24)18-11-6-12-22(18)20(25)15-7-3-2-4-8-15/h2-5,7-10,13,18H,6,11-12H2,1H3,(H,21,24)/t18-/m1/s1. The van der Waals surface area contributed by atoms with Crippen LogP contribution in [0.3, 0.4) is 0 Å². The third kappa shape index (κ3) is 3.76. The van der Waals surface area contributed by atoms with Gasteiger partial charge in [0.2, 0.25) is 5.91 Å². The first-order valence-corrected chi connectivity index (χ1v) is 8.34. The minimum atomic E-state index is -0.492. The maximum absolute atomic E-state index is 12.7. The number of anilines is 1. The number of Topliss-reactive ketones (excluding diaryl/α,β-unsaturated/α-hetero) is 1. The highest BCUT2D eigenvalue weighted by Gasteiger charge is 2.34. The molecule has 1 aliphatic heterocycles. The van der Waals surface area contributed by atoms with E-state index in [-0.39, 0.29) is 17.6 Å². The molecular weight excluding hydrogens is 316 g/mol. The van der Waals surface area contributed by atoms with Crippen LogP contribution in [-0.2, 0) is 4.79 Å². The topological polar surface area (TPSA) is 66.5 Å². The van der Waals surface area contributed by atoms with Gasteiger partial charge in [0.1, 0.15) is 6.04 Å². The number of hydrogen-bond acceptors (Lipinski definition) is 3. The molecular formula is C20H20N2O3. The molecule has 1 aliphatic rings. The van der Waals surface area contributed by atoms with Crippen molar-refractivity contribution in [1.29, 1.82) is 0 Å². The van der Waals surface area contributed by atoms with Gasteiger partial charge in [-0.25, -0.2) is 0 Å². The van der Waals surface area contributed by atoms with E-state index in [1.807, 2.05) is 18.2 Å². The zero-order chi connectivity index (χ0) is 17.8. The van der Waals surface area contributed by atoms with Gasteiger partial charge in [0.05, 0.1) is 0 Å². The molecule has 0 spiro atoms. The number of nitrogens with one attached hydrogen (secondary N) is 1. The lowest BCUT2D eigenvalue weighted by atomic mass is 10.1. The normalized spacial score (nSPS) is 16.5. The van der Waals surface area contributed by atoms with Gasteiger partial charge in [-0.1, -0.05) is 30.3 Å². The Labute approximate surface area is 146 Å². The quantitative estimate of drug-likeness (QED) is 0.872. The average molecular weight is 336 g/mol. The van der Waals surface area contributed by atoms with E-state index < -0.39 is 6.04 Å². The van der Waals surface area contributed by atoms with Crippen LogP contribution in [0.25, 0.3) is 0 Å². The lowest BCUT2D eigenvalue weighted by Gasteiger charge is -2.24. The van der Waals surface area contributed by atoms with Crippen LogP contribution in [0.5, 0.6) is 0 Å². The van der Waals surface area contributed by atoms with Gasteiger partial charge in [-0.15, -0.1) is 0 Å². The molecule has 2 aromatic carbocycles. The van der Waals surface area contributed by atoms with Crippen LogP contribution < -0.4 is 5.32 Å². The molecule has 1 atom stereocenters. The smallest absolute Gasteiger partial charge is 0.254 e. The monoisotopic (exact) mass is 336 g/mol. The third-order valence-electron chi connectivity index (χ3n) is 4.37. The molecule has 0 radical (unpaired) electrons. The largest absolute Gasteiger partial charge is 0.327 e. The first-order chi connectivity index (χ1) is 12.1. The lowest BCUT2D eigenvalue weighted by Crippen LogP contribution is -2.43. The van der Waals surface area contributed by atoms with Crippen LogP contribution in [0.2, 0.25) is 0 Å². The Bertz CT molecular complexity index is 802. The van der Waals surface area contributed by atoms with E-state index in [1.165, 1.54) is 6.92 Å². The van der Waals surface area contributed by atoms with Gasteiger partial charge in [-0.2, -0.15) is 0 Å². The van der Waals surface area contributed by atoms with Crippen LogP contribution >= 0.6 is 0 Å². The van der Waals surface area contributed by atoms with Crippen molar-refractivity contribution in [3.63, 3.8) is 0 Å². The number of rotatable bonds is 4. The first-order valence-electron chi connectivity index (χ1n) is 8.34. The van der Waals surface area contributed by atoms with Crippen LogP contribution in [0.15, 0.2) is 54.6 Å². The summed E-state index contributed by atoms with van der Waals surface area (Å²) in [6.45, 7) is 2.05.